The minimum atomic E-state index is -3.91. The molecule has 1 aliphatic heterocycles. The van der Waals surface area contributed by atoms with Crippen molar-refractivity contribution in [2.45, 2.75) is 39.7 Å². The van der Waals surface area contributed by atoms with Gasteiger partial charge >= 0.3 is 7.52 Å². The molecule has 0 saturated carbocycles. The van der Waals surface area contributed by atoms with Gasteiger partial charge in [-0.1, -0.05) is 20.8 Å². The third-order valence-corrected chi connectivity index (χ3v) is 8.77. The fourth-order valence-electron chi connectivity index (χ4n) is 4.07. The molecule has 0 fully saturated rings. The number of amidine groups is 1. The average Bonchev–Trinajstić information content (AvgIpc) is 3.33. The zero-order valence-electron chi connectivity index (χ0n) is 20.4. The van der Waals surface area contributed by atoms with Crippen molar-refractivity contribution < 1.29 is 27.7 Å². The highest BCUT2D eigenvalue weighted by atomic mass is 32.2. The molecule has 4 rings (SSSR count). The van der Waals surface area contributed by atoms with Gasteiger partial charge in [-0.3, -0.25) is 14.3 Å². The van der Waals surface area contributed by atoms with Gasteiger partial charge in [0.05, 0.1) is 41.6 Å². The lowest BCUT2D eigenvalue weighted by Crippen LogP contribution is -2.26. The molecule has 1 aliphatic rings. The van der Waals surface area contributed by atoms with Crippen LogP contribution in [0, 0.1) is 0 Å². The minimum Gasteiger partial charge on any atom is -0.505 e. The van der Waals surface area contributed by atoms with Crippen molar-refractivity contribution in [2.75, 3.05) is 22.9 Å². The number of aromatic hydroxyl groups is 2. The van der Waals surface area contributed by atoms with Crippen LogP contribution in [0.5, 0.6) is 11.6 Å². The molecule has 0 saturated heterocycles. The topological polar surface area (TPSA) is 155 Å². The van der Waals surface area contributed by atoms with Gasteiger partial charge in [-0.05, 0) is 25.1 Å². The molecule has 0 bridgehead atoms. The highest BCUT2D eigenvalue weighted by molar-refractivity contribution is 7.92. The van der Waals surface area contributed by atoms with Crippen LogP contribution >= 0.6 is 18.9 Å². The molecule has 0 amide bonds. The molecular formula is C22H28N5O6PS2. The van der Waals surface area contributed by atoms with Gasteiger partial charge in [-0.15, -0.1) is 11.3 Å². The number of fused-ring (bicyclic) bond motifs is 1. The summed E-state index contributed by atoms with van der Waals surface area (Å²) in [5, 5.41) is 25.8. The molecule has 36 heavy (non-hydrogen) atoms. The van der Waals surface area contributed by atoms with E-state index < -0.39 is 23.0 Å². The lowest BCUT2D eigenvalue weighted by atomic mass is 9.91. The Morgan fingerprint density at radius 3 is 2.58 bits per heavy atom. The van der Waals surface area contributed by atoms with Crippen LogP contribution in [0.1, 0.15) is 43.8 Å². The Morgan fingerprint density at radius 2 is 2.00 bits per heavy atom. The fraction of sp³-hybridized carbons (Fsp3) is 0.364. The van der Waals surface area contributed by atoms with Crippen LogP contribution in [-0.4, -0.2) is 46.9 Å². The quantitative estimate of drug-likeness (QED) is 0.322. The summed E-state index contributed by atoms with van der Waals surface area (Å²) in [4.78, 5) is 4.95. The van der Waals surface area contributed by atoms with Gasteiger partial charge in [-0.2, -0.15) is 4.76 Å². The number of rotatable bonds is 7. The first-order chi connectivity index (χ1) is 16.7. The first-order valence-electron chi connectivity index (χ1n) is 11.0. The number of aromatic nitrogens is 2. The van der Waals surface area contributed by atoms with E-state index in [0.717, 1.165) is 11.1 Å². The zero-order chi connectivity index (χ0) is 26.5. The summed E-state index contributed by atoms with van der Waals surface area (Å²) >= 11 is 1.41. The van der Waals surface area contributed by atoms with E-state index in [-0.39, 0.29) is 47.2 Å². The van der Waals surface area contributed by atoms with Crippen LogP contribution in [0.3, 0.4) is 0 Å². The molecule has 1 aromatic carbocycles. The lowest BCUT2D eigenvalue weighted by Gasteiger charge is -2.25. The van der Waals surface area contributed by atoms with Crippen LogP contribution in [0.4, 0.5) is 11.4 Å². The molecule has 0 spiro atoms. The summed E-state index contributed by atoms with van der Waals surface area (Å²) in [6.07, 6.45) is 2.70. The SMILES string of the molecule is CCOP1(=O)N=C(c2c(O)c(C(C)(C)C)n(Cc3cncs3)c2O)Nc2ccc(NS(C)(=O)=O)cc21. The first-order valence-corrected chi connectivity index (χ1v) is 15.3. The smallest absolute Gasteiger partial charge is 0.348 e. The summed E-state index contributed by atoms with van der Waals surface area (Å²) < 4.78 is 51.1. The summed E-state index contributed by atoms with van der Waals surface area (Å²) in [7, 11) is -7.47. The highest BCUT2D eigenvalue weighted by Crippen LogP contribution is 2.54. The summed E-state index contributed by atoms with van der Waals surface area (Å²) in [5.41, 5.74) is 2.14. The van der Waals surface area contributed by atoms with Crippen LogP contribution in [-0.2, 0) is 31.1 Å². The third kappa shape index (κ3) is 5.01. The Kier molecular flexibility index (Phi) is 6.71. The van der Waals surface area contributed by atoms with Crippen molar-refractivity contribution in [2.24, 2.45) is 4.76 Å². The average molecular weight is 554 g/mol. The number of benzene rings is 1. The molecule has 14 heteroatoms. The number of nitrogens with one attached hydrogen (secondary N) is 2. The molecule has 2 aromatic heterocycles. The largest absolute Gasteiger partial charge is 0.505 e. The van der Waals surface area contributed by atoms with Crippen molar-refractivity contribution in [3.05, 3.63) is 46.0 Å². The van der Waals surface area contributed by atoms with Crippen molar-refractivity contribution in [3.8, 4) is 11.6 Å². The molecule has 0 aliphatic carbocycles. The van der Waals surface area contributed by atoms with Crippen molar-refractivity contribution in [1.82, 2.24) is 9.55 Å². The second kappa shape index (κ2) is 9.22. The van der Waals surface area contributed by atoms with E-state index in [2.05, 4.69) is 19.8 Å². The number of anilines is 2. The van der Waals surface area contributed by atoms with E-state index in [1.54, 1.807) is 23.2 Å². The maximum absolute atomic E-state index is 13.9. The van der Waals surface area contributed by atoms with Gasteiger partial charge < -0.3 is 24.6 Å². The Morgan fingerprint density at radius 1 is 1.28 bits per heavy atom. The van der Waals surface area contributed by atoms with Crippen molar-refractivity contribution in [1.29, 1.82) is 0 Å². The predicted molar refractivity (Wildman–Crippen MR) is 142 cm³/mol. The number of hydrogen-bond acceptors (Lipinski definition) is 9. The van der Waals surface area contributed by atoms with Crippen LogP contribution in [0.15, 0.2) is 34.7 Å². The summed E-state index contributed by atoms with van der Waals surface area (Å²) in [6, 6.07) is 4.44. The second-order valence-electron chi connectivity index (χ2n) is 9.32. The van der Waals surface area contributed by atoms with Gasteiger partial charge in [0.25, 0.3) is 0 Å². The Labute approximate surface area is 213 Å². The van der Waals surface area contributed by atoms with E-state index in [4.69, 9.17) is 4.52 Å². The standard InChI is InChI=1S/C22H28N5O6PS2/c1-6-33-34(30)16-9-13(26-36(5,31)32)7-8-15(16)24-20(25-34)17-18(28)19(22(2,3)4)27(21(17)29)11-14-10-23-12-35-14/h7-10,12,26,28-29H,6,11H2,1-5H3,(H,24,25,30). The lowest BCUT2D eigenvalue weighted by molar-refractivity contribution is 0.341. The number of sulfonamides is 1. The van der Waals surface area contributed by atoms with E-state index in [1.807, 2.05) is 20.8 Å². The van der Waals surface area contributed by atoms with Crippen LogP contribution in [0.2, 0.25) is 0 Å². The fourth-order valence-corrected chi connectivity index (χ4v) is 7.02. The Balaban J connectivity index is 1.88. The van der Waals surface area contributed by atoms with Crippen LogP contribution < -0.4 is 15.3 Å². The first kappa shape index (κ1) is 26.2. The van der Waals surface area contributed by atoms with Crippen molar-refractivity contribution >= 4 is 51.4 Å². The molecule has 0 radical (unpaired) electrons. The molecule has 11 nitrogen and oxygen atoms in total. The molecule has 1 unspecified atom stereocenters. The van der Waals surface area contributed by atoms with E-state index in [0.29, 0.717) is 11.4 Å². The Hall–Kier alpha value is -2.86. The summed E-state index contributed by atoms with van der Waals surface area (Å²) in [5.74, 6) is -0.469. The Bertz CT molecular complexity index is 1490. The number of hydrogen-bond donors (Lipinski definition) is 4. The molecule has 194 valence electrons. The molecule has 3 aromatic rings. The predicted octanol–water partition coefficient (Wildman–Crippen LogP) is 3.80. The van der Waals surface area contributed by atoms with E-state index in [9.17, 15) is 23.2 Å². The van der Waals surface area contributed by atoms with Crippen LogP contribution in [0.25, 0.3) is 0 Å². The number of nitrogens with zero attached hydrogens (tertiary/aromatic N) is 3. The van der Waals surface area contributed by atoms with Gasteiger partial charge in [-0.25, -0.2) is 8.42 Å². The zero-order valence-corrected chi connectivity index (χ0v) is 23.0. The highest BCUT2D eigenvalue weighted by Gasteiger charge is 2.39. The third-order valence-electron chi connectivity index (χ3n) is 5.35. The van der Waals surface area contributed by atoms with Crippen molar-refractivity contribution in [3.63, 3.8) is 0 Å². The van der Waals surface area contributed by atoms with Gasteiger partial charge in [0, 0.05) is 22.2 Å². The molecular weight excluding hydrogens is 525 g/mol. The second-order valence-corrected chi connectivity index (χ2v) is 14.0. The number of thiazole rings is 1. The summed E-state index contributed by atoms with van der Waals surface area (Å²) in [6.45, 7) is 7.70. The van der Waals surface area contributed by atoms with E-state index in [1.165, 1.54) is 29.5 Å². The molecule has 3 heterocycles. The van der Waals surface area contributed by atoms with Gasteiger partial charge in [0.1, 0.15) is 5.56 Å². The van der Waals surface area contributed by atoms with Gasteiger partial charge in [0.15, 0.2) is 11.6 Å². The minimum absolute atomic E-state index is 0.00615. The molecule has 4 N–H and O–H groups in total. The maximum Gasteiger partial charge on any atom is 0.348 e. The monoisotopic (exact) mass is 553 g/mol. The van der Waals surface area contributed by atoms with E-state index >= 15 is 0 Å². The maximum atomic E-state index is 13.9. The molecule has 1 atom stereocenters. The normalized spacial score (nSPS) is 17.9. The van der Waals surface area contributed by atoms with Gasteiger partial charge in [0.2, 0.25) is 15.9 Å².